The van der Waals surface area contributed by atoms with Crippen molar-refractivity contribution >= 4 is 69.6 Å². The highest BCUT2D eigenvalue weighted by molar-refractivity contribution is 7.25. The van der Waals surface area contributed by atoms with Gasteiger partial charge in [0.1, 0.15) is 4.88 Å². The topological polar surface area (TPSA) is 143 Å². The Morgan fingerprint density at radius 3 is 1.93 bits per heavy atom. The van der Waals surface area contributed by atoms with Crippen molar-refractivity contribution < 1.29 is 39.0 Å². The Bertz CT molecular complexity index is 1680. The van der Waals surface area contributed by atoms with Gasteiger partial charge in [-0.25, -0.2) is 4.79 Å². The van der Waals surface area contributed by atoms with Crippen molar-refractivity contribution in [2.75, 3.05) is 0 Å². The lowest BCUT2D eigenvalue weighted by Gasteiger charge is -2.06. The standard InChI is InChI=1S/C26H18O4S4.2CO2/c1-14-10-21(18-6-3-9-31-18)33-24(14)15-4-2-5-16(11-15)25-17(13-23(27)28)12-22(34-25)19-7-8-20(32-19)26(29)30;2*2-1-3/h2-12H,13H2,1H3,(H,27,28)(H,29,30);;. The van der Waals surface area contributed by atoms with Crippen LogP contribution in [0.1, 0.15) is 20.8 Å². The fourth-order valence-corrected chi connectivity index (χ4v) is 7.88. The van der Waals surface area contributed by atoms with Crippen molar-refractivity contribution in [3.8, 4) is 40.4 Å². The molecule has 5 aromatic rings. The van der Waals surface area contributed by atoms with Crippen molar-refractivity contribution in [2.24, 2.45) is 0 Å². The van der Waals surface area contributed by atoms with Crippen LogP contribution in [0.3, 0.4) is 0 Å². The Labute approximate surface area is 243 Å². The van der Waals surface area contributed by atoms with Gasteiger partial charge in [-0.05, 0) is 71.0 Å². The van der Waals surface area contributed by atoms with Crippen LogP contribution in [0.25, 0.3) is 40.4 Å². The number of hydrogen-bond donors (Lipinski definition) is 2. The van der Waals surface area contributed by atoms with Gasteiger partial charge in [-0.2, -0.15) is 19.2 Å². The van der Waals surface area contributed by atoms with Gasteiger partial charge < -0.3 is 10.2 Å². The molecule has 202 valence electrons. The Balaban J connectivity index is 0.000000676. The number of carbonyl (C=O) groups is 2. The second kappa shape index (κ2) is 14.2. The Morgan fingerprint density at radius 1 is 0.725 bits per heavy atom. The Kier molecular flexibility index (Phi) is 10.7. The van der Waals surface area contributed by atoms with E-state index in [-0.39, 0.29) is 23.6 Å². The summed E-state index contributed by atoms with van der Waals surface area (Å²) in [6, 6.07) is 19.9. The Morgan fingerprint density at radius 2 is 1.35 bits per heavy atom. The van der Waals surface area contributed by atoms with Crippen molar-refractivity contribution in [1.82, 2.24) is 0 Å². The molecule has 40 heavy (non-hydrogen) atoms. The van der Waals surface area contributed by atoms with Crippen molar-refractivity contribution in [2.45, 2.75) is 13.3 Å². The summed E-state index contributed by atoms with van der Waals surface area (Å²) >= 11 is 6.19. The van der Waals surface area contributed by atoms with Crippen molar-refractivity contribution in [3.63, 3.8) is 0 Å². The van der Waals surface area contributed by atoms with Gasteiger partial charge in [0.05, 0.1) is 6.42 Å². The number of carbonyl (C=O) groups excluding carboxylic acids is 4. The highest BCUT2D eigenvalue weighted by atomic mass is 32.1. The summed E-state index contributed by atoms with van der Waals surface area (Å²) in [5, 5.41) is 20.8. The summed E-state index contributed by atoms with van der Waals surface area (Å²) < 4.78 is 0. The highest BCUT2D eigenvalue weighted by Crippen LogP contribution is 2.44. The van der Waals surface area contributed by atoms with Gasteiger partial charge in [-0.3, -0.25) is 4.79 Å². The van der Waals surface area contributed by atoms with E-state index in [4.69, 9.17) is 19.2 Å². The molecule has 5 rings (SSSR count). The third-order valence-electron chi connectivity index (χ3n) is 5.28. The molecule has 0 saturated heterocycles. The predicted octanol–water partition coefficient (Wildman–Crippen LogP) is 7.07. The van der Waals surface area contributed by atoms with E-state index in [9.17, 15) is 19.8 Å². The number of hydrogen-bond acceptors (Lipinski definition) is 10. The number of thiophene rings is 4. The molecule has 0 bridgehead atoms. The highest BCUT2D eigenvalue weighted by Gasteiger charge is 2.18. The number of benzene rings is 1. The van der Waals surface area contributed by atoms with E-state index >= 15 is 0 Å². The summed E-state index contributed by atoms with van der Waals surface area (Å²) in [6.45, 7) is 2.12. The van der Waals surface area contributed by atoms with Crippen LogP contribution < -0.4 is 0 Å². The van der Waals surface area contributed by atoms with Crippen molar-refractivity contribution in [1.29, 1.82) is 0 Å². The molecular weight excluding hydrogens is 593 g/mol. The third-order valence-corrected chi connectivity index (χ3v) is 10.1. The lowest BCUT2D eigenvalue weighted by Crippen LogP contribution is -1.99. The number of aliphatic carboxylic acids is 1. The van der Waals surface area contributed by atoms with Crippen LogP contribution >= 0.6 is 45.3 Å². The molecule has 0 aliphatic carbocycles. The van der Waals surface area contributed by atoms with Crippen LogP contribution in [0.15, 0.2) is 66.0 Å². The molecule has 1 aromatic carbocycles. The number of carboxylic acids is 2. The molecule has 0 amide bonds. The lowest BCUT2D eigenvalue weighted by molar-refractivity contribution is -0.193. The monoisotopic (exact) mass is 610 g/mol. The van der Waals surface area contributed by atoms with E-state index in [2.05, 4.69) is 42.6 Å². The van der Waals surface area contributed by atoms with Gasteiger partial charge in [0.2, 0.25) is 0 Å². The molecule has 0 atom stereocenters. The number of aryl methyl sites for hydroxylation is 1. The van der Waals surface area contributed by atoms with Gasteiger partial charge in [0.15, 0.2) is 0 Å². The van der Waals surface area contributed by atoms with Crippen LogP contribution in [-0.4, -0.2) is 34.5 Å². The number of rotatable bonds is 7. The predicted molar refractivity (Wildman–Crippen MR) is 153 cm³/mol. The first-order chi connectivity index (χ1) is 19.2. The summed E-state index contributed by atoms with van der Waals surface area (Å²) in [4.78, 5) is 61.9. The molecule has 0 spiro atoms. The van der Waals surface area contributed by atoms with Gasteiger partial charge in [-0.1, -0.05) is 24.3 Å². The average molecular weight is 611 g/mol. The summed E-state index contributed by atoms with van der Waals surface area (Å²) in [6.07, 6.45) is 0.410. The molecule has 2 N–H and O–H groups in total. The first kappa shape index (κ1) is 30.3. The van der Waals surface area contributed by atoms with Crippen LogP contribution in [0, 0.1) is 6.92 Å². The first-order valence-electron chi connectivity index (χ1n) is 11.1. The number of aromatic carboxylic acids is 1. The molecule has 4 heterocycles. The van der Waals surface area contributed by atoms with Crippen LogP contribution in [0.2, 0.25) is 0 Å². The van der Waals surface area contributed by atoms with Gasteiger partial charge in [0.25, 0.3) is 0 Å². The van der Waals surface area contributed by atoms with E-state index in [1.807, 2.05) is 18.2 Å². The van der Waals surface area contributed by atoms with Crippen LogP contribution in [0.5, 0.6) is 0 Å². The summed E-state index contributed by atoms with van der Waals surface area (Å²) in [5.74, 6) is -1.85. The SMILES string of the molecule is Cc1cc(-c2cccs2)sc1-c1cccc(-c2sc(-c3ccc(C(=O)O)s3)cc2CC(=O)O)c1.O=C=O.O=C=O. The fraction of sp³-hybridized carbons (Fsp3) is 0.0714. The molecule has 0 fully saturated rings. The minimum absolute atomic E-state index is 0.0895. The zero-order chi connectivity index (χ0) is 29.2. The molecule has 0 unspecified atom stereocenters. The van der Waals surface area contributed by atoms with Gasteiger partial charge in [-0.15, -0.1) is 45.3 Å². The normalized spacial score (nSPS) is 9.82. The fourth-order valence-electron chi connectivity index (χ4n) is 3.78. The second-order valence-electron chi connectivity index (χ2n) is 7.85. The quantitative estimate of drug-likeness (QED) is 0.199. The maximum absolute atomic E-state index is 11.6. The smallest absolute Gasteiger partial charge is 0.373 e. The van der Waals surface area contributed by atoms with E-state index in [0.717, 1.165) is 31.3 Å². The number of carboxylic acid groups (broad SMARTS) is 2. The molecule has 0 radical (unpaired) electrons. The van der Waals surface area contributed by atoms with E-state index in [1.165, 1.54) is 42.9 Å². The maximum Gasteiger partial charge on any atom is 0.373 e. The molecular formula is C28H18O8S4. The first-order valence-corrected chi connectivity index (χ1v) is 14.5. The largest absolute Gasteiger partial charge is 0.481 e. The zero-order valence-electron chi connectivity index (χ0n) is 20.5. The maximum atomic E-state index is 11.6. The third kappa shape index (κ3) is 7.43. The van der Waals surface area contributed by atoms with Crippen LogP contribution in [0.4, 0.5) is 0 Å². The van der Waals surface area contributed by atoms with Crippen LogP contribution in [-0.2, 0) is 30.4 Å². The Hall–Kier alpha value is -4.28. The lowest BCUT2D eigenvalue weighted by atomic mass is 10.0. The second-order valence-corrected chi connectivity index (χ2v) is 12.0. The summed E-state index contributed by atoms with van der Waals surface area (Å²) in [5.41, 5.74) is 4.01. The minimum Gasteiger partial charge on any atom is -0.481 e. The minimum atomic E-state index is -0.959. The zero-order valence-corrected chi connectivity index (χ0v) is 23.8. The van der Waals surface area contributed by atoms with Crippen molar-refractivity contribution in [3.05, 3.63) is 82.0 Å². The summed E-state index contributed by atoms with van der Waals surface area (Å²) in [7, 11) is 0. The molecule has 12 heteroatoms. The molecule has 8 nitrogen and oxygen atoms in total. The van der Waals surface area contributed by atoms with E-state index in [1.54, 1.807) is 34.8 Å². The van der Waals surface area contributed by atoms with Gasteiger partial charge in [0, 0.05) is 29.3 Å². The van der Waals surface area contributed by atoms with E-state index < -0.39 is 11.9 Å². The molecule has 4 aromatic heterocycles. The molecule has 0 aliphatic rings. The molecule has 0 saturated carbocycles. The van der Waals surface area contributed by atoms with E-state index in [0.29, 0.717) is 0 Å². The molecule has 0 aliphatic heterocycles. The average Bonchev–Trinajstić information content (AvgIpc) is 3.71. The van der Waals surface area contributed by atoms with Gasteiger partial charge >= 0.3 is 24.2 Å².